The van der Waals surface area contributed by atoms with Gasteiger partial charge in [0.15, 0.2) is 11.5 Å². The zero-order valence-corrected chi connectivity index (χ0v) is 19.5. The minimum atomic E-state index is -1.08. The molecule has 1 aliphatic rings. The number of para-hydroxylation sites is 3. The standard InChI is InChI=1S/C26H25N3O6/c1-33-21-13-16(14-22(34-2)24(21)35-3)26(32)29-19-12-8-7-11-18(19)28-25(31)20(29)15-23(30)27-17-9-5-4-6-10-17/h4-14,20H,15H2,1-3H3,(H,27,30)(H,28,31)/t20-/m0/s1. The second-order valence-electron chi connectivity index (χ2n) is 7.73. The van der Waals surface area contributed by atoms with Crippen LogP contribution >= 0.6 is 0 Å². The summed E-state index contributed by atoms with van der Waals surface area (Å²) in [6, 6.07) is 17.8. The minimum absolute atomic E-state index is 0.206. The van der Waals surface area contributed by atoms with E-state index in [0.29, 0.717) is 34.3 Å². The van der Waals surface area contributed by atoms with E-state index in [-0.39, 0.29) is 12.0 Å². The van der Waals surface area contributed by atoms with E-state index in [1.165, 1.54) is 38.4 Å². The molecule has 1 aliphatic heterocycles. The Kier molecular flexibility index (Phi) is 6.86. The maximum atomic E-state index is 13.9. The monoisotopic (exact) mass is 475 g/mol. The van der Waals surface area contributed by atoms with Crippen LogP contribution in [0.5, 0.6) is 17.2 Å². The molecule has 0 aromatic heterocycles. The van der Waals surface area contributed by atoms with E-state index in [4.69, 9.17) is 14.2 Å². The number of carbonyl (C=O) groups is 3. The van der Waals surface area contributed by atoms with Gasteiger partial charge in [0, 0.05) is 11.3 Å². The van der Waals surface area contributed by atoms with Crippen molar-refractivity contribution in [3.05, 3.63) is 72.3 Å². The molecule has 9 heteroatoms. The van der Waals surface area contributed by atoms with Crippen molar-refractivity contribution in [2.45, 2.75) is 12.5 Å². The molecule has 4 rings (SSSR count). The number of hydrogen-bond donors (Lipinski definition) is 2. The van der Waals surface area contributed by atoms with Gasteiger partial charge >= 0.3 is 0 Å². The first-order valence-corrected chi connectivity index (χ1v) is 10.8. The number of ether oxygens (including phenoxy) is 3. The maximum absolute atomic E-state index is 13.9. The van der Waals surface area contributed by atoms with Crippen molar-refractivity contribution < 1.29 is 28.6 Å². The number of carbonyl (C=O) groups excluding carboxylic acids is 3. The molecule has 0 fully saturated rings. The Hall–Kier alpha value is -4.53. The molecule has 1 heterocycles. The van der Waals surface area contributed by atoms with E-state index in [1.807, 2.05) is 6.07 Å². The zero-order valence-electron chi connectivity index (χ0n) is 19.5. The highest BCUT2D eigenvalue weighted by Gasteiger charge is 2.39. The van der Waals surface area contributed by atoms with Crippen molar-refractivity contribution in [2.75, 3.05) is 36.9 Å². The molecule has 2 N–H and O–H groups in total. The zero-order chi connectivity index (χ0) is 24.9. The van der Waals surface area contributed by atoms with Gasteiger partial charge in [-0.1, -0.05) is 30.3 Å². The van der Waals surface area contributed by atoms with Crippen LogP contribution in [0.4, 0.5) is 17.1 Å². The summed E-state index contributed by atoms with van der Waals surface area (Å²) in [6.45, 7) is 0. The van der Waals surface area contributed by atoms with E-state index >= 15 is 0 Å². The molecule has 0 unspecified atom stereocenters. The molecule has 35 heavy (non-hydrogen) atoms. The number of nitrogens with zero attached hydrogens (tertiary/aromatic N) is 1. The van der Waals surface area contributed by atoms with Crippen LogP contribution in [0.2, 0.25) is 0 Å². The number of benzene rings is 3. The summed E-state index contributed by atoms with van der Waals surface area (Å²) in [7, 11) is 4.37. The summed E-state index contributed by atoms with van der Waals surface area (Å²) >= 11 is 0. The van der Waals surface area contributed by atoms with E-state index in [0.717, 1.165) is 0 Å². The number of methoxy groups -OCH3 is 3. The number of rotatable bonds is 7. The van der Waals surface area contributed by atoms with Crippen molar-refractivity contribution in [3.63, 3.8) is 0 Å². The van der Waals surface area contributed by atoms with Gasteiger partial charge in [0.1, 0.15) is 6.04 Å². The van der Waals surface area contributed by atoms with Gasteiger partial charge in [-0.05, 0) is 36.4 Å². The minimum Gasteiger partial charge on any atom is -0.493 e. The molecule has 0 spiro atoms. The topological polar surface area (TPSA) is 106 Å². The van der Waals surface area contributed by atoms with Crippen molar-refractivity contribution in [3.8, 4) is 17.2 Å². The fourth-order valence-corrected chi connectivity index (χ4v) is 3.98. The molecular weight excluding hydrogens is 450 g/mol. The van der Waals surface area contributed by atoms with Crippen LogP contribution in [-0.2, 0) is 9.59 Å². The van der Waals surface area contributed by atoms with Gasteiger partial charge in [-0.25, -0.2) is 0 Å². The fourth-order valence-electron chi connectivity index (χ4n) is 3.98. The Labute approximate surface area is 202 Å². The Morgan fingerprint density at radius 3 is 2.17 bits per heavy atom. The lowest BCUT2D eigenvalue weighted by Crippen LogP contribution is -2.52. The van der Waals surface area contributed by atoms with Crippen molar-refractivity contribution in [1.82, 2.24) is 0 Å². The van der Waals surface area contributed by atoms with Crippen LogP contribution in [-0.4, -0.2) is 45.1 Å². The van der Waals surface area contributed by atoms with Crippen molar-refractivity contribution in [1.29, 1.82) is 0 Å². The molecule has 0 bridgehead atoms. The smallest absolute Gasteiger partial charge is 0.259 e. The molecule has 0 saturated heterocycles. The highest BCUT2D eigenvalue weighted by Crippen LogP contribution is 2.40. The Morgan fingerprint density at radius 2 is 1.54 bits per heavy atom. The van der Waals surface area contributed by atoms with Crippen LogP contribution in [0, 0.1) is 0 Å². The predicted molar refractivity (Wildman–Crippen MR) is 131 cm³/mol. The lowest BCUT2D eigenvalue weighted by molar-refractivity contribution is -0.122. The maximum Gasteiger partial charge on any atom is 0.259 e. The summed E-state index contributed by atoms with van der Waals surface area (Å²) in [5, 5.41) is 5.57. The first-order valence-electron chi connectivity index (χ1n) is 10.8. The van der Waals surface area contributed by atoms with E-state index in [9.17, 15) is 14.4 Å². The van der Waals surface area contributed by atoms with Gasteiger partial charge < -0.3 is 24.8 Å². The average molecular weight is 476 g/mol. The highest BCUT2D eigenvalue weighted by molar-refractivity contribution is 6.18. The van der Waals surface area contributed by atoms with Gasteiger partial charge in [-0.15, -0.1) is 0 Å². The Bertz CT molecular complexity index is 1240. The summed E-state index contributed by atoms with van der Waals surface area (Å²) < 4.78 is 16.1. The van der Waals surface area contributed by atoms with E-state index in [2.05, 4.69) is 10.6 Å². The largest absolute Gasteiger partial charge is 0.493 e. The summed E-state index contributed by atoms with van der Waals surface area (Å²) in [5.41, 5.74) is 1.75. The molecule has 3 aromatic carbocycles. The lowest BCUT2D eigenvalue weighted by Gasteiger charge is -2.36. The van der Waals surface area contributed by atoms with Crippen LogP contribution in [0.1, 0.15) is 16.8 Å². The third-order valence-corrected chi connectivity index (χ3v) is 5.60. The van der Waals surface area contributed by atoms with Gasteiger partial charge in [0.2, 0.25) is 17.6 Å². The molecule has 3 amide bonds. The third-order valence-electron chi connectivity index (χ3n) is 5.60. The number of amides is 3. The number of nitrogens with one attached hydrogen (secondary N) is 2. The normalized spacial score (nSPS) is 14.4. The first kappa shape index (κ1) is 23.6. The quantitative estimate of drug-likeness (QED) is 0.540. The summed E-state index contributed by atoms with van der Waals surface area (Å²) in [5.74, 6) is -0.441. The SMILES string of the molecule is COc1cc(C(=O)N2c3ccccc3NC(=O)[C@@H]2CC(=O)Nc2ccccc2)cc(OC)c1OC. The van der Waals surface area contributed by atoms with Crippen LogP contribution in [0.15, 0.2) is 66.7 Å². The molecule has 3 aromatic rings. The third kappa shape index (κ3) is 4.74. The van der Waals surface area contributed by atoms with Gasteiger partial charge in [-0.2, -0.15) is 0 Å². The van der Waals surface area contributed by atoms with Crippen molar-refractivity contribution >= 4 is 34.8 Å². The van der Waals surface area contributed by atoms with Gasteiger partial charge in [-0.3, -0.25) is 19.3 Å². The molecule has 0 aliphatic carbocycles. The highest BCUT2D eigenvalue weighted by atomic mass is 16.5. The molecule has 1 atom stereocenters. The van der Waals surface area contributed by atoms with Gasteiger partial charge in [0.05, 0.1) is 39.1 Å². The van der Waals surface area contributed by atoms with Crippen LogP contribution in [0.25, 0.3) is 0 Å². The number of anilines is 3. The second-order valence-corrected chi connectivity index (χ2v) is 7.73. The van der Waals surface area contributed by atoms with Crippen molar-refractivity contribution in [2.24, 2.45) is 0 Å². The first-order chi connectivity index (χ1) is 17.0. The molecule has 0 radical (unpaired) electrons. The van der Waals surface area contributed by atoms with Gasteiger partial charge in [0.25, 0.3) is 5.91 Å². The molecule has 0 saturated carbocycles. The molecule has 9 nitrogen and oxygen atoms in total. The Morgan fingerprint density at radius 1 is 0.914 bits per heavy atom. The predicted octanol–water partition coefficient (Wildman–Crippen LogP) is 3.71. The van der Waals surface area contributed by atoms with E-state index in [1.54, 1.807) is 48.5 Å². The average Bonchev–Trinajstić information content (AvgIpc) is 2.88. The summed E-state index contributed by atoms with van der Waals surface area (Å²) in [6.07, 6.45) is -0.245. The van der Waals surface area contributed by atoms with Crippen LogP contribution in [0.3, 0.4) is 0 Å². The molecule has 180 valence electrons. The number of fused-ring (bicyclic) bond motifs is 1. The number of hydrogen-bond acceptors (Lipinski definition) is 6. The fraction of sp³-hybridized carbons (Fsp3) is 0.192. The lowest BCUT2D eigenvalue weighted by atomic mass is 10.0. The Balaban J connectivity index is 1.73. The summed E-state index contributed by atoms with van der Waals surface area (Å²) in [4.78, 5) is 41.1. The molecular formula is C26H25N3O6. The second kappa shape index (κ2) is 10.2. The van der Waals surface area contributed by atoms with E-state index < -0.39 is 23.8 Å². The van der Waals surface area contributed by atoms with Crippen LogP contribution < -0.4 is 29.7 Å².